The van der Waals surface area contributed by atoms with Gasteiger partial charge < -0.3 is 24.6 Å². The van der Waals surface area contributed by atoms with Crippen LogP contribution >= 0.6 is 7.82 Å². The van der Waals surface area contributed by atoms with Crippen molar-refractivity contribution in [3.05, 3.63) is 29.8 Å². The Hall–Kier alpha value is -1.94. The number of aliphatic hydroxyl groups excluding tert-OH is 2. The van der Waals surface area contributed by atoms with Crippen LogP contribution in [0.3, 0.4) is 0 Å². The molecule has 0 spiro atoms. The van der Waals surface area contributed by atoms with Crippen LogP contribution in [0.25, 0.3) is 5.52 Å². The van der Waals surface area contributed by atoms with E-state index in [1.807, 2.05) is 6.07 Å². The predicted octanol–water partition coefficient (Wildman–Crippen LogP) is 5.51. The highest BCUT2D eigenvalue weighted by Gasteiger charge is 2.57. The molecule has 1 aliphatic rings. The second kappa shape index (κ2) is 18.9. The molecule has 1 unspecified atom stereocenters. The first-order valence-electron chi connectivity index (χ1n) is 16.2. The second-order valence-corrected chi connectivity index (χ2v) is 13.1. The zero-order valence-corrected chi connectivity index (χ0v) is 27.2. The number of unbranched alkanes of at least 4 members (excludes halogenated alkanes) is 13. The van der Waals surface area contributed by atoms with Crippen LogP contribution in [0.4, 0.5) is 0 Å². The molecular weight excluding hydrogens is 587 g/mol. The smallest absolute Gasteiger partial charge is 0.387 e. The number of phosphoric acid groups is 1. The molecule has 0 aliphatic carbocycles. The lowest BCUT2D eigenvalue weighted by atomic mass is 9.92. The van der Waals surface area contributed by atoms with Gasteiger partial charge in [0.15, 0.2) is 0 Å². The number of ether oxygens (including phenoxy) is 2. The molecule has 0 amide bonds. The summed E-state index contributed by atoms with van der Waals surface area (Å²) >= 11 is 0. The molecule has 3 rings (SSSR count). The Morgan fingerprint density at radius 3 is 2.18 bits per heavy atom. The molecule has 1 saturated heterocycles. The van der Waals surface area contributed by atoms with Gasteiger partial charge in [-0.1, -0.05) is 90.4 Å². The maximum Gasteiger partial charge on any atom is 0.472 e. The van der Waals surface area contributed by atoms with Crippen molar-refractivity contribution in [2.24, 2.45) is 0 Å². The molecule has 248 valence electrons. The molecule has 0 aromatic carbocycles. The van der Waals surface area contributed by atoms with Crippen molar-refractivity contribution < 1.29 is 38.2 Å². The van der Waals surface area contributed by atoms with E-state index >= 15 is 0 Å². The van der Waals surface area contributed by atoms with Crippen molar-refractivity contribution in [1.82, 2.24) is 14.6 Å². The summed E-state index contributed by atoms with van der Waals surface area (Å²) in [5.41, 5.74) is -0.549. The van der Waals surface area contributed by atoms with E-state index in [-0.39, 0.29) is 18.9 Å². The summed E-state index contributed by atoms with van der Waals surface area (Å²) < 4.78 is 35.1. The number of fused-ring (bicyclic) bond motifs is 1. The topological polar surface area (TPSA) is 169 Å². The summed E-state index contributed by atoms with van der Waals surface area (Å²) in [6, 6.07) is 5.17. The van der Waals surface area contributed by atoms with E-state index < -0.39 is 38.3 Å². The maximum absolute atomic E-state index is 12.4. The Balaban J connectivity index is 1.25. The highest BCUT2D eigenvalue weighted by molar-refractivity contribution is 7.47. The molecule has 2 aromatic heterocycles. The molecule has 0 radical (unpaired) electrons. The number of aryl methyl sites for hydroxylation is 1. The number of rotatable bonds is 23. The molecule has 0 bridgehead atoms. The van der Waals surface area contributed by atoms with E-state index in [1.54, 1.807) is 19.1 Å². The lowest BCUT2D eigenvalue weighted by Gasteiger charge is -2.24. The van der Waals surface area contributed by atoms with E-state index in [0.29, 0.717) is 17.8 Å². The van der Waals surface area contributed by atoms with Crippen LogP contribution in [0.1, 0.15) is 108 Å². The van der Waals surface area contributed by atoms with Crippen LogP contribution < -0.4 is 0 Å². The third-order valence-electron chi connectivity index (χ3n) is 8.18. The largest absolute Gasteiger partial charge is 0.472 e. The summed E-state index contributed by atoms with van der Waals surface area (Å²) in [5.74, 6) is 0. The standard InChI is InChI=1S/C31H51N4O8P/c1-3-4-5-6-7-8-9-10-11-12-13-14-15-16-19-40-20-21-41-44(38,39)42-22-27-29(36)30(37)31(23-32,43-27)28-18-17-26-25(2)33-24-34-35(26)28/h17-18,24,27,29-30,36-37H,3-16,19-22H2,1-2H3,(H,38,39)/t27-,29-,30-,31+/m1/s1. The highest BCUT2D eigenvalue weighted by Crippen LogP contribution is 2.46. The monoisotopic (exact) mass is 638 g/mol. The first-order valence-corrected chi connectivity index (χ1v) is 17.7. The fourth-order valence-corrected chi connectivity index (χ4v) is 6.29. The SMILES string of the molecule is CCCCCCCCCCCCCCCCOCCOP(=O)(O)OC[C@H]1O[C@@](C#N)(c2ccc3c(C)ncnn23)[C@H](O)[C@@H]1O. The number of phosphoric ester groups is 1. The molecule has 5 atom stereocenters. The fraction of sp³-hybridized carbons (Fsp3) is 0.774. The van der Waals surface area contributed by atoms with Crippen LogP contribution in [0.2, 0.25) is 0 Å². The molecule has 1 fully saturated rings. The Bertz CT molecular complexity index is 1210. The average Bonchev–Trinajstić information content (AvgIpc) is 3.56. The molecule has 44 heavy (non-hydrogen) atoms. The van der Waals surface area contributed by atoms with Crippen molar-refractivity contribution in [3.63, 3.8) is 0 Å². The summed E-state index contributed by atoms with van der Waals surface area (Å²) in [6.07, 6.45) is 14.7. The zero-order valence-electron chi connectivity index (χ0n) is 26.3. The van der Waals surface area contributed by atoms with Gasteiger partial charge in [0.25, 0.3) is 0 Å². The van der Waals surface area contributed by atoms with Gasteiger partial charge in [-0.2, -0.15) is 10.4 Å². The number of aliphatic hydroxyl groups is 2. The number of nitrogens with zero attached hydrogens (tertiary/aromatic N) is 4. The summed E-state index contributed by atoms with van der Waals surface area (Å²) in [5, 5.41) is 35.5. The Labute approximate surface area is 261 Å². The van der Waals surface area contributed by atoms with Gasteiger partial charge in [-0.15, -0.1) is 0 Å². The lowest BCUT2D eigenvalue weighted by Crippen LogP contribution is -2.41. The van der Waals surface area contributed by atoms with Gasteiger partial charge in [-0.3, -0.25) is 9.05 Å². The van der Waals surface area contributed by atoms with E-state index in [9.17, 15) is 24.9 Å². The maximum atomic E-state index is 12.4. The third-order valence-corrected chi connectivity index (χ3v) is 9.16. The van der Waals surface area contributed by atoms with Crippen LogP contribution in [0.5, 0.6) is 0 Å². The Morgan fingerprint density at radius 1 is 0.955 bits per heavy atom. The minimum atomic E-state index is -4.50. The van der Waals surface area contributed by atoms with Gasteiger partial charge >= 0.3 is 7.82 Å². The third kappa shape index (κ3) is 10.6. The van der Waals surface area contributed by atoms with Crippen LogP contribution in [-0.2, 0) is 28.7 Å². The molecule has 0 saturated carbocycles. The summed E-state index contributed by atoms with van der Waals surface area (Å²) in [7, 11) is -4.50. The first kappa shape index (κ1) is 36.5. The molecule has 1 aliphatic heterocycles. The second-order valence-electron chi connectivity index (χ2n) is 11.6. The van der Waals surface area contributed by atoms with E-state index in [2.05, 4.69) is 17.0 Å². The Kier molecular flexibility index (Phi) is 15.7. The van der Waals surface area contributed by atoms with Gasteiger partial charge in [0, 0.05) is 6.61 Å². The van der Waals surface area contributed by atoms with Gasteiger partial charge in [0.1, 0.15) is 30.7 Å². The predicted molar refractivity (Wildman–Crippen MR) is 165 cm³/mol. The number of aromatic nitrogens is 3. The van der Waals surface area contributed by atoms with E-state index in [0.717, 1.165) is 12.8 Å². The minimum absolute atomic E-state index is 0.133. The minimum Gasteiger partial charge on any atom is -0.387 e. The molecule has 12 nitrogen and oxygen atoms in total. The number of hydrogen-bond acceptors (Lipinski definition) is 10. The van der Waals surface area contributed by atoms with Gasteiger partial charge in [-0.05, 0) is 25.5 Å². The highest BCUT2D eigenvalue weighted by atomic mass is 31.2. The summed E-state index contributed by atoms with van der Waals surface area (Å²) in [4.78, 5) is 14.2. The van der Waals surface area contributed by atoms with Gasteiger partial charge in [0.2, 0.25) is 5.60 Å². The normalized spacial score (nSPS) is 23.2. The Morgan fingerprint density at radius 2 is 1.57 bits per heavy atom. The van der Waals surface area contributed by atoms with Crippen molar-refractivity contribution >= 4 is 13.3 Å². The van der Waals surface area contributed by atoms with Crippen molar-refractivity contribution in [2.75, 3.05) is 26.4 Å². The van der Waals surface area contributed by atoms with Crippen molar-refractivity contribution in [1.29, 1.82) is 5.26 Å². The fourth-order valence-electron chi connectivity index (χ4n) is 5.57. The lowest BCUT2D eigenvalue weighted by molar-refractivity contribution is -0.0646. The van der Waals surface area contributed by atoms with Crippen LogP contribution in [0, 0.1) is 18.3 Å². The van der Waals surface area contributed by atoms with E-state index in [4.69, 9.17) is 18.5 Å². The molecular formula is C31H51N4O8P. The quantitative estimate of drug-likeness (QED) is 0.104. The number of nitriles is 1. The molecule has 3 N–H and O–H groups in total. The van der Waals surface area contributed by atoms with Crippen LogP contribution in [0.15, 0.2) is 18.5 Å². The summed E-state index contributed by atoms with van der Waals surface area (Å²) in [6.45, 7) is 3.96. The molecule has 3 heterocycles. The molecule has 2 aromatic rings. The average molecular weight is 639 g/mol. The van der Waals surface area contributed by atoms with Crippen molar-refractivity contribution in [3.8, 4) is 6.07 Å². The molecule has 13 heteroatoms. The van der Waals surface area contributed by atoms with Gasteiger partial charge in [0.05, 0.1) is 36.7 Å². The van der Waals surface area contributed by atoms with Crippen LogP contribution in [-0.4, -0.2) is 74.4 Å². The first-order chi connectivity index (χ1) is 21.3. The zero-order chi connectivity index (χ0) is 31.8. The van der Waals surface area contributed by atoms with Crippen molar-refractivity contribution in [2.45, 2.75) is 128 Å². The number of hydrogen-bond donors (Lipinski definition) is 3. The van der Waals surface area contributed by atoms with E-state index in [1.165, 1.54) is 87.9 Å². The van der Waals surface area contributed by atoms with Gasteiger partial charge in [-0.25, -0.2) is 14.1 Å².